The molecule has 0 bridgehead atoms. The number of nitro groups is 1. The van der Waals surface area contributed by atoms with Crippen molar-refractivity contribution in [2.24, 2.45) is 0 Å². The van der Waals surface area contributed by atoms with Gasteiger partial charge in [0.15, 0.2) is 0 Å². The van der Waals surface area contributed by atoms with Crippen LogP contribution in [0.2, 0.25) is 10.0 Å². The first kappa shape index (κ1) is 35.6. The molecule has 14 heteroatoms. The third-order valence-corrected chi connectivity index (χ3v) is 9.86. The van der Waals surface area contributed by atoms with Crippen molar-refractivity contribution in [3.8, 4) is 5.75 Å². The Morgan fingerprint density at radius 2 is 1.64 bits per heavy atom. The number of nitrogens with one attached hydrogen (secondary N) is 1. The maximum Gasteiger partial charge on any atom is 0.273 e. The van der Waals surface area contributed by atoms with Gasteiger partial charge < -0.3 is 15.0 Å². The molecule has 1 N–H and O–H groups in total. The average Bonchev–Trinajstić information content (AvgIpc) is 3.00. The fourth-order valence-corrected chi connectivity index (χ4v) is 6.52. The molecule has 0 heterocycles. The summed E-state index contributed by atoms with van der Waals surface area (Å²) in [6.45, 7) is 6.04. The number of ether oxygens (including phenoxy) is 1. The second-order valence-corrected chi connectivity index (χ2v) is 13.1. The minimum atomic E-state index is -4.55. The van der Waals surface area contributed by atoms with Gasteiger partial charge in [-0.3, -0.25) is 24.0 Å². The number of anilines is 1. The number of benzene rings is 3. The van der Waals surface area contributed by atoms with Crippen LogP contribution in [0.1, 0.15) is 44.7 Å². The molecule has 3 aromatic rings. The van der Waals surface area contributed by atoms with Crippen LogP contribution in [0.3, 0.4) is 0 Å². The zero-order valence-electron chi connectivity index (χ0n) is 25.6. The van der Waals surface area contributed by atoms with Crippen LogP contribution in [0, 0.1) is 17.0 Å². The Bertz CT molecular complexity index is 1630. The molecule has 0 unspecified atom stereocenters. The third kappa shape index (κ3) is 8.44. The number of carbonyl (C=O) groups excluding carboxylic acids is 2. The lowest BCUT2D eigenvalue weighted by Gasteiger charge is -2.34. The summed E-state index contributed by atoms with van der Waals surface area (Å²) >= 11 is 12.9. The minimum Gasteiger partial charge on any atom is -0.497 e. The summed E-state index contributed by atoms with van der Waals surface area (Å²) < 4.78 is 34.3. The van der Waals surface area contributed by atoms with Crippen molar-refractivity contribution in [1.29, 1.82) is 0 Å². The zero-order chi connectivity index (χ0) is 33.5. The van der Waals surface area contributed by atoms with E-state index < -0.39 is 39.3 Å². The van der Waals surface area contributed by atoms with Crippen LogP contribution in [0.15, 0.2) is 65.6 Å². The highest BCUT2D eigenvalue weighted by molar-refractivity contribution is 7.92. The van der Waals surface area contributed by atoms with Crippen molar-refractivity contribution >= 4 is 56.4 Å². The highest BCUT2D eigenvalue weighted by atomic mass is 35.5. The Labute approximate surface area is 273 Å². The molecular weight excluding hydrogens is 643 g/mol. The molecule has 0 aliphatic carbocycles. The van der Waals surface area contributed by atoms with Crippen molar-refractivity contribution in [2.45, 2.75) is 64.1 Å². The number of sulfonamides is 1. The quantitative estimate of drug-likeness (QED) is 0.160. The van der Waals surface area contributed by atoms with E-state index in [0.29, 0.717) is 17.7 Å². The van der Waals surface area contributed by atoms with Crippen molar-refractivity contribution in [2.75, 3.05) is 18.0 Å². The lowest BCUT2D eigenvalue weighted by Crippen LogP contribution is -2.53. The number of aryl methyl sites for hydroxylation is 1. The Balaban J connectivity index is 2.16. The normalized spacial score (nSPS) is 12.6. The van der Waals surface area contributed by atoms with Gasteiger partial charge in [0.05, 0.1) is 22.6 Å². The standard InChI is InChI=1S/C31H36Cl2N4O7S/c1-6-21(4)34-31(39)28(7-2)35(18-25-26(32)9-8-10-27(25)33)30(38)19-36(22-12-14-23(44-5)15-13-22)45(42,43)24-16-11-20(3)29(17-24)37(40)41/h8-17,21,28H,6-7,18-19H2,1-5H3,(H,34,39)/t21-,28-/m1/s1. The second-order valence-electron chi connectivity index (χ2n) is 10.4. The number of methoxy groups -OCH3 is 1. The molecule has 2 amide bonds. The molecule has 0 aromatic heterocycles. The van der Waals surface area contributed by atoms with E-state index in [-0.39, 0.29) is 50.9 Å². The fraction of sp³-hybridized carbons (Fsp3) is 0.355. The summed E-state index contributed by atoms with van der Waals surface area (Å²) in [5.41, 5.74) is 0.365. The number of rotatable bonds is 14. The number of hydrogen-bond donors (Lipinski definition) is 1. The van der Waals surface area contributed by atoms with Crippen LogP contribution in [0.4, 0.5) is 11.4 Å². The molecule has 242 valence electrons. The van der Waals surface area contributed by atoms with Crippen molar-refractivity contribution < 1.29 is 27.7 Å². The predicted molar refractivity (Wildman–Crippen MR) is 174 cm³/mol. The van der Waals surface area contributed by atoms with E-state index in [4.69, 9.17) is 27.9 Å². The Morgan fingerprint density at radius 1 is 1.02 bits per heavy atom. The van der Waals surface area contributed by atoms with Crippen LogP contribution < -0.4 is 14.4 Å². The monoisotopic (exact) mass is 678 g/mol. The first-order valence-electron chi connectivity index (χ1n) is 14.2. The number of halogens is 2. The lowest BCUT2D eigenvalue weighted by molar-refractivity contribution is -0.385. The van der Waals surface area contributed by atoms with Crippen molar-refractivity contribution in [3.63, 3.8) is 0 Å². The van der Waals surface area contributed by atoms with Gasteiger partial charge >= 0.3 is 0 Å². The van der Waals surface area contributed by atoms with Crippen LogP contribution in [0.25, 0.3) is 0 Å². The maximum absolute atomic E-state index is 14.3. The highest BCUT2D eigenvalue weighted by Gasteiger charge is 2.35. The molecule has 45 heavy (non-hydrogen) atoms. The van der Waals surface area contributed by atoms with Crippen molar-refractivity contribution in [1.82, 2.24) is 10.2 Å². The number of nitrogens with zero attached hydrogens (tertiary/aromatic N) is 3. The SMILES string of the molecule is CC[C@@H](C)NC(=O)[C@@H](CC)N(Cc1c(Cl)cccc1Cl)C(=O)CN(c1ccc(OC)cc1)S(=O)(=O)c1ccc(C)c([N+](=O)[O-])c1. The summed E-state index contributed by atoms with van der Waals surface area (Å²) in [7, 11) is -3.10. The zero-order valence-corrected chi connectivity index (χ0v) is 27.9. The van der Waals surface area contributed by atoms with Gasteiger partial charge in [0.25, 0.3) is 15.7 Å². The maximum atomic E-state index is 14.3. The molecule has 0 aliphatic rings. The van der Waals surface area contributed by atoms with E-state index in [1.54, 1.807) is 25.1 Å². The summed E-state index contributed by atoms with van der Waals surface area (Å²) in [6.07, 6.45) is 0.855. The second kappa shape index (κ2) is 15.4. The van der Waals surface area contributed by atoms with Gasteiger partial charge in [0.1, 0.15) is 18.3 Å². The van der Waals surface area contributed by atoms with Gasteiger partial charge in [-0.2, -0.15) is 0 Å². The Morgan fingerprint density at radius 3 is 2.18 bits per heavy atom. The Kier molecular flexibility index (Phi) is 12.2. The van der Waals surface area contributed by atoms with Crippen LogP contribution in [-0.2, 0) is 26.2 Å². The summed E-state index contributed by atoms with van der Waals surface area (Å²) in [4.78, 5) is 39.6. The minimum absolute atomic E-state index is 0.0974. The molecule has 3 aromatic carbocycles. The molecule has 11 nitrogen and oxygen atoms in total. The van der Waals surface area contributed by atoms with E-state index in [0.717, 1.165) is 10.4 Å². The van der Waals surface area contributed by atoms with Gasteiger partial charge in [-0.1, -0.05) is 49.2 Å². The van der Waals surface area contributed by atoms with E-state index >= 15 is 0 Å². The summed E-state index contributed by atoms with van der Waals surface area (Å²) in [5.74, 6) is -0.703. The first-order chi connectivity index (χ1) is 21.2. The van der Waals surface area contributed by atoms with E-state index in [1.807, 2.05) is 13.8 Å². The van der Waals surface area contributed by atoms with E-state index in [2.05, 4.69) is 5.32 Å². The topological polar surface area (TPSA) is 139 Å². The number of carbonyl (C=O) groups is 2. The van der Waals surface area contributed by atoms with Gasteiger partial charge in [-0.15, -0.1) is 0 Å². The average molecular weight is 680 g/mol. The molecule has 3 rings (SSSR count). The molecule has 0 radical (unpaired) electrons. The van der Waals surface area contributed by atoms with Crippen molar-refractivity contribution in [3.05, 3.63) is 92.0 Å². The molecular formula is C31H36Cl2N4O7S. The summed E-state index contributed by atoms with van der Waals surface area (Å²) in [5, 5.41) is 15.1. The predicted octanol–water partition coefficient (Wildman–Crippen LogP) is 6.14. The van der Waals surface area contributed by atoms with E-state index in [9.17, 15) is 28.1 Å². The number of nitro benzene ring substituents is 1. The third-order valence-electron chi connectivity index (χ3n) is 7.38. The molecule has 0 aliphatic heterocycles. The number of amides is 2. The first-order valence-corrected chi connectivity index (χ1v) is 16.4. The van der Waals surface area contributed by atoms with E-state index in [1.165, 1.54) is 55.3 Å². The molecule has 0 spiro atoms. The summed E-state index contributed by atoms with van der Waals surface area (Å²) in [6, 6.07) is 13.2. The lowest BCUT2D eigenvalue weighted by atomic mass is 10.1. The van der Waals surface area contributed by atoms with Gasteiger partial charge in [0, 0.05) is 39.8 Å². The van der Waals surface area contributed by atoms with Gasteiger partial charge in [-0.25, -0.2) is 8.42 Å². The number of hydrogen-bond acceptors (Lipinski definition) is 7. The fourth-order valence-electron chi connectivity index (χ4n) is 4.57. The largest absolute Gasteiger partial charge is 0.497 e. The van der Waals surface area contributed by atoms with Crippen LogP contribution >= 0.6 is 23.2 Å². The van der Waals surface area contributed by atoms with Crippen LogP contribution in [0.5, 0.6) is 5.75 Å². The van der Waals surface area contributed by atoms with Gasteiger partial charge in [-0.05, 0) is 69.2 Å². The molecule has 0 saturated heterocycles. The van der Waals surface area contributed by atoms with Crippen LogP contribution in [-0.4, -0.2) is 55.8 Å². The van der Waals surface area contributed by atoms with Gasteiger partial charge in [0.2, 0.25) is 11.8 Å². The highest BCUT2D eigenvalue weighted by Crippen LogP contribution is 2.31. The molecule has 0 fully saturated rings. The smallest absolute Gasteiger partial charge is 0.273 e. The molecule has 2 atom stereocenters. The molecule has 0 saturated carbocycles. The Hall–Kier alpha value is -3.87.